The third-order valence-corrected chi connectivity index (χ3v) is 5.45. The van der Waals surface area contributed by atoms with Crippen LogP contribution in [0.25, 0.3) is 11.3 Å². The summed E-state index contributed by atoms with van der Waals surface area (Å²) in [6.45, 7) is 7.91. The van der Waals surface area contributed by atoms with E-state index in [1.54, 1.807) is 0 Å². The highest BCUT2D eigenvalue weighted by Gasteiger charge is 2.33. The van der Waals surface area contributed by atoms with Gasteiger partial charge in [0.05, 0.1) is 10.7 Å². The molecule has 20 heavy (non-hydrogen) atoms. The Kier molecular flexibility index (Phi) is 3.43. The van der Waals surface area contributed by atoms with E-state index >= 15 is 0 Å². The fourth-order valence-electron chi connectivity index (χ4n) is 3.08. The third kappa shape index (κ3) is 2.19. The largest absolute Gasteiger partial charge is 0.319 e. The van der Waals surface area contributed by atoms with Crippen molar-refractivity contribution in [1.82, 2.24) is 10.3 Å². The monoisotopic (exact) mass is 286 g/mol. The van der Waals surface area contributed by atoms with Gasteiger partial charge in [-0.1, -0.05) is 45.0 Å². The first-order valence-corrected chi connectivity index (χ1v) is 8.08. The van der Waals surface area contributed by atoms with Crippen molar-refractivity contribution < 1.29 is 0 Å². The van der Waals surface area contributed by atoms with E-state index in [-0.39, 0.29) is 5.41 Å². The van der Waals surface area contributed by atoms with E-state index in [9.17, 15) is 0 Å². The van der Waals surface area contributed by atoms with E-state index in [1.165, 1.54) is 26.7 Å². The summed E-state index contributed by atoms with van der Waals surface area (Å²) >= 11 is 1.90. The Labute approximate surface area is 125 Å². The zero-order valence-corrected chi connectivity index (χ0v) is 13.5. The molecule has 1 aromatic carbocycles. The number of benzene rings is 1. The normalized spacial score (nSPS) is 17.4. The minimum absolute atomic E-state index is 0.208. The summed E-state index contributed by atoms with van der Waals surface area (Å²) in [5.41, 5.74) is 4.20. The highest BCUT2D eigenvalue weighted by atomic mass is 32.1. The van der Waals surface area contributed by atoms with Crippen molar-refractivity contribution >= 4 is 11.3 Å². The minimum atomic E-state index is 0.208. The van der Waals surface area contributed by atoms with Gasteiger partial charge in [0.15, 0.2) is 0 Å². The molecule has 1 atom stereocenters. The molecule has 0 aliphatic heterocycles. The molecule has 3 rings (SSSR count). The number of thiazole rings is 1. The van der Waals surface area contributed by atoms with Gasteiger partial charge in [-0.05, 0) is 24.4 Å². The number of nitrogens with zero attached hydrogens (tertiary/aromatic N) is 1. The maximum absolute atomic E-state index is 4.95. The first-order valence-electron chi connectivity index (χ1n) is 7.27. The number of rotatable bonds is 3. The van der Waals surface area contributed by atoms with Crippen LogP contribution in [0.15, 0.2) is 24.3 Å². The molecular weight excluding hydrogens is 264 g/mol. The number of hydrogen-bond acceptors (Lipinski definition) is 3. The zero-order chi connectivity index (χ0) is 14.3. The second-order valence-corrected chi connectivity index (χ2v) is 7.50. The lowest BCUT2D eigenvalue weighted by Crippen LogP contribution is -2.24. The Balaban J connectivity index is 2.09. The summed E-state index contributed by atoms with van der Waals surface area (Å²) in [5, 5.41) is 4.51. The van der Waals surface area contributed by atoms with Crippen LogP contribution in [-0.2, 0) is 11.8 Å². The van der Waals surface area contributed by atoms with Crippen molar-refractivity contribution in [3.63, 3.8) is 0 Å². The Morgan fingerprint density at radius 2 is 2.10 bits per heavy atom. The van der Waals surface area contributed by atoms with E-state index in [4.69, 9.17) is 4.98 Å². The van der Waals surface area contributed by atoms with Crippen LogP contribution in [0.4, 0.5) is 0 Å². The molecule has 0 bridgehead atoms. The van der Waals surface area contributed by atoms with Crippen LogP contribution in [0, 0.1) is 0 Å². The Bertz CT molecular complexity index is 628. The predicted molar refractivity (Wildman–Crippen MR) is 86.6 cm³/mol. The van der Waals surface area contributed by atoms with Gasteiger partial charge in [0.25, 0.3) is 0 Å². The van der Waals surface area contributed by atoms with Gasteiger partial charge in [0.1, 0.15) is 0 Å². The number of aromatic nitrogens is 1. The quantitative estimate of drug-likeness (QED) is 0.923. The lowest BCUT2D eigenvalue weighted by atomic mass is 9.74. The van der Waals surface area contributed by atoms with Gasteiger partial charge in [-0.15, -0.1) is 11.3 Å². The van der Waals surface area contributed by atoms with Gasteiger partial charge in [-0.25, -0.2) is 4.98 Å². The summed E-state index contributed by atoms with van der Waals surface area (Å²) in [6.07, 6.45) is 1.10. The van der Waals surface area contributed by atoms with E-state index in [0.29, 0.717) is 5.92 Å². The van der Waals surface area contributed by atoms with Crippen LogP contribution in [0.1, 0.15) is 42.1 Å². The smallest absolute Gasteiger partial charge is 0.0976 e. The average molecular weight is 286 g/mol. The van der Waals surface area contributed by atoms with Gasteiger partial charge < -0.3 is 5.32 Å². The van der Waals surface area contributed by atoms with E-state index in [1.807, 2.05) is 18.4 Å². The van der Waals surface area contributed by atoms with E-state index < -0.39 is 0 Å². The fourth-order valence-corrected chi connectivity index (χ4v) is 4.44. The fraction of sp³-hybridized carbons (Fsp3) is 0.471. The van der Waals surface area contributed by atoms with Crippen LogP contribution in [0.5, 0.6) is 0 Å². The van der Waals surface area contributed by atoms with Crippen LogP contribution < -0.4 is 5.32 Å². The predicted octanol–water partition coefficient (Wildman–Crippen LogP) is 3.97. The SMILES string of the molecule is CNCC(C)c1nc2c(s1)CC(C)(C)c1ccccc1-2. The maximum atomic E-state index is 4.95. The van der Waals surface area contributed by atoms with E-state index in [0.717, 1.165) is 13.0 Å². The summed E-state index contributed by atoms with van der Waals surface area (Å²) in [6, 6.07) is 8.75. The zero-order valence-electron chi connectivity index (χ0n) is 12.7. The minimum Gasteiger partial charge on any atom is -0.319 e. The number of fused-ring (bicyclic) bond motifs is 3. The van der Waals surface area contributed by atoms with Gasteiger partial charge in [-0.2, -0.15) is 0 Å². The Morgan fingerprint density at radius 1 is 1.35 bits per heavy atom. The standard InChI is InChI=1S/C17H22N2S/c1-11(10-18-4)16-19-15-12-7-5-6-8-13(12)17(2,3)9-14(15)20-16/h5-8,11,18H,9-10H2,1-4H3. The first-order chi connectivity index (χ1) is 9.53. The molecule has 1 aromatic heterocycles. The lowest BCUT2D eigenvalue weighted by molar-refractivity contribution is 0.521. The van der Waals surface area contributed by atoms with Crippen molar-refractivity contribution in [2.45, 2.75) is 38.5 Å². The number of nitrogens with one attached hydrogen (secondary N) is 1. The molecule has 1 N–H and O–H groups in total. The molecule has 0 saturated carbocycles. The summed E-state index contributed by atoms with van der Waals surface area (Å²) in [4.78, 5) is 6.41. The molecule has 1 unspecified atom stereocenters. The second kappa shape index (κ2) is 4.97. The molecule has 2 aromatic rings. The maximum Gasteiger partial charge on any atom is 0.0976 e. The molecule has 0 amide bonds. The van der Waals surface area contributed by atoms with Crippen molar-refractivity contribution in [1.29, 1.82) is 0 Å². The van der Waals surface area contributed by atoms with Crippen LogP contribution in [0.2, 0.25) is 0 Å². The van der Waals surface area contributed by atoms with E-state index in [2.05, 4.69) is 50.4 Å². The van der Waals surface area contributed by atoms with Crippen molar-refractivity contribution in [3.8, 4) is 11.3 Å². The van der Waals surface area contributed by atoms with Crippen LogP contribution in [-0.4, -0.2) is 18.6 Å². The van der Waals surface area contributed by atoms with Crippen LogP contribution in [0.3, 0.4) is 0 Å². The molecule has 1 heterocycles. The molecule has 1 aliphatic carbocycles. The molecule has 106 valence electrons. The van der Waals surface area contributed by atoms with Gasteiger partial charge >= 0.3 is 0 Å². The molecule has 0 saturated heterocycles. The molecule has 0 spiro atoms. The molecule has 0 fully saturated rings. The Hall–Kier alpha value is -1.19. The summed E-state index contributed by atoms with van der Waals surface area (Å²) in [5.74, 6) is 0.478. The highest BCUT2D eigenvalue weighted by Crippen LogP contribution is 2.45. The van der Waals surface area contributed by atoms with Gasteiger partial charge in [0.2, 0.25) is 0 Å². The highest BCUT2D eigenvalue weighted by molar-refractivity contribution is 7.12. The lowest BCUT2D eigenvalue weighted by Gasteiger charge is -2.31. The molecule has 0 radical (unpaired) electrons. The molecular formula is C17H22N2S. The average Bonchev–Trinajstić information content (AvgIpc) is 2.82. The Morgan fingerprint density at radius 3 is 2.85 bits per heavy atom. The third-order valence-electron chi connectivity index (χ3n) is 4.16. The van der Waals surface area contributed by atoms with Crippen molar-refractivity contribution in [2.75, 3.05) is 13.6 Å². The molecule has 1 aliphatic rings. The first kappa shape index (κ1) is 13.8. The topological polar surface area (TPSA) is 24.9 Å². The summed E-state index contributed by atoms with van der Waals surface area (Å²) in [7, 11) is 2.00. The number of likely N-dealkylation sites (N-methyl/N-ethyl adjacent to an activating group) is 1. The van der Waals surface area contributed by atoms with Crippen molar-refractivity contribution in [2.24, 2.45) is 0 Å². The summed E-state index contributed by atoms with van der Waals surface area (Å²) < 4.78 is 0. The second-order valence-electron chi connectivity index (χ2n) is 6.39. The molecule has 2 nitrogen and oxygen atoms in total. The number of hydrogen-bond donors (Lipinski definition) is 1. The van der Waals surface area contributed by atoms with Crippen LogP contribution >= 0.6 is 11.3 Å². The van der Waals surface area contributed by atoms with Gasteiger partial charge in [0, 0.05) is 22.9 Å². The van der Waals surface area contributed by atoms with Gasteiger partial charge in [-0.3, -0.25) is 0 Å². The van der Waals surface area contributed by atoms with Crippen molar-refractivity contribution in [3.05, 3.63) is 39.7 Å². The molecule has 3 heteroatoms.